The fourth-order valence-corrected chi connectivity index (χ4v) is 3.40. The van der Waals surface area contributed by atoms with Crippen molar-refractivity contribution in [2.45, 2.75) is 71.3 Å². The molecule has 0 aliphatic heterocycles. The van der Waals surface area contributed by atoms with Crippen molar-refractivity contribution in [2.24, 2.45) is 5.92 Å². The Bertz CT molecular complexity index is 483. The highest BCUT2D eigenvalue weighted by Gasteiger charge is 2.36. The second kappa shape index (κ2) is 12.2. The van der Waals surface area contributed by atoms with Gasteiger partial charge in [0.05, 0.1) is 6.16 Å². The number of carbonyl (C=O) groups excluding carboxylic acids is 1. The third-order valence-corrected chi connectivity index (χ3v) is 4.77. The summed E-state index contributed by atoms with van der Waals surface area (Å²) in [5.41, 5.74) is 0.116. The van der Waals surface area contributed by atoms with Gasteiger partial charge in [-0.05, 0) is 19.8 Å². The normalized spacial score (nSPS) is 13.9. The molecule has 0 aliphatic rings. The molecule has 0 spiro atoms. The lowest BCUT2D eigenvalue weighted by Crippen LogP contribution is -2.35. The number of carbonyl (C=O) groups is 2. The standard InChI is InChI=1S/C17H31O7P/c1-4-5-6-7-8-9-10-11-15(24-17(20)13(2)3)14(16(18)19)12-25(21,22)23/h14-15H,2,4-12H2,1,3H3,(H,18,19)(H2,21,22,23). The lowest BCUT2D eigenvalue weighted by molar-refractivity contribution is -0.155. The number of esters is 1. The van der Waals surface area contributed by atoms with Crippen LogP contribution in [0.1, 0.15) is 65.2 Å². The summed E-state index contributed by atoms with van der Waals surface area (Å²) in [6.07, 6.45) is 5.39. The van der Waals surface area contributed by atoms with Gasteiger partial charge in [0.2, 0.25) is 0 Å². The van der Waals surface area contributed by atoms with Crippen LogP contribution in [0.2, 0.25) is 0 Å². The van der Waals surface area contributed by atoms with Crippen LogP contribution in [0.25, 0.3) is 0 Å². The van der Waals surface area contributed by atoms with Crippen LogP contribution in [0.5, 0.6) is 0 Å². The minimum absolute atomic E-state index is 0.116. The Hall–Kier alpha value is -1.17. The molecule has 7 nitrogen and oxygen atoms in total. The monoisotopic (exact) mass is 378 g/mol. The molecular weight excluding hydrogens is 347 g/mol. The molecule has 2 atom stereocenters. The van der Waals surface area contributed by atoms with E-state index in [0.29, 0.717) is 6.42 Å². The van der Waals surface area contributed by atoms with E-state index in [4.69, 9.17) is 14.5 Å². The number of hydrogen-bond donors (Lipinski definition) is 3. The van der Waals surface area contributed by atoms with E-state index in [0.717, 1.165) is 32.1 Å². The van der Waals surface area contributed by atoms with E-state index in [1.807, 2.05) is 0 Å². The lowest BCUT2D eigenvalue weighted by Gasteiger charge is -2.24. The van der Waals surface area contributed by atoms with Crippen molar-refractivity contribution >= 4 is 19.5 Å². The zero-order valence-electron chi connectivity index (χ0n) is 15.1. The Morgan fingerprint density at radius 2 is 1.60 bits per heavy atom. The van der Waals surface area contributed by atoms with E-state index in [9.17, 15) is 19.3 Å². The first-order valence-electron chi connectivity index (χ1n) is 8.72. The Kier molecular flexibility index (Phi) is 11.7. The van der Waals surface area contributed by atoms with Gasteiger partial charge >= 0.3 is 19.5 Å². The maximum Gasteiger partial charge on any atom is 0.333 e. The summed E-state index contributed by atoms with van der Waals surface area (Å²) in [4.78, 5) is 41.4. The summed E-state index contributed by atoms with van der Waals surface area (Å²) in [5, 5.41) is 9.30. The van der Waals surface area contributed by atoms with E-state index >= 15 is 0 Å². The Balaban J connectivity index is 4.77. The van der Waals surface area contributed by atoms with Gasteiger partial charge in [-0.25, -0.2) is 4.79 Å². The predicted octanol–water partition coefficient (Wildman–Crippen LogP) is 3.49. The molecule has 0 saturated heterocycles. The fourth-order valence-electron chi connectivity index (χ4n) is 2.49. The number of carboxylic acids is 1. The van der Waals surface area contributed by atoms with Crippen LogP contribution in [-0.2, 0) is 18.9 Å². The van der Waals surface area contributed by atoms with E-state index in [-0.39, 0.29) is 12.0 Å². The molecule has 0 bridgehead atoms. The smallest absolute Gasteiger partial charge is 0.333 e. The van der Waals surface area contributed by atoms with Crippen LogP contribution >= 0.6 is 7.60 Å². The third kappa shape index (κ3) is 11.9. The predicted molar refractivity (Wildman–Crippen MR) is 95.3 cm³/mol. The Labute approximate surface area is 149 Å². The highest BCUT2D eigenvalue weighted by atomic mass is 31.2. The number of ether oxygens (including phenoxy) is 1. The highest BCUT2D eigenvalue weighted by Crippen LogP contribution is 2.39. The van der Waals surface area contributed by atoms with Crippen molar-refractivity contribution in [1.29, 1.82) is 0 Å². The average molecular weight is 378 g/mol. The van der Waals surface area contributed by atoms with Crippen molar-refractivity contribution in [2.75, 3.05) is 6.16 Å². The van der Waals surface area contributed by atoms with Crippen molar-refractivity contribution < 1.29 is 33.8 Å². The van der Waals surface area contributed by atoms with Gasteiger partial charge in [-0.15, -0.1) is 0 Å². The van der Waals surface area contributed by atoms with Crippen LogP contribution in [-0.4, -0.2) is 39.1 Å². The summed E-state index contributed by atoms with van der Waals surface area (Å²) in [5.74, 6) is -3.57. The number of rotatable bonds is 14. The molecule has 8 heteroatoms. The van der Waals surface area contributed by atoms with Gasteiger partial charge in [-0.2, -0.15) is 0 Å². The fraction of sp³-hybridized carbons (Fsp3) is 0.765. The molecule has 3 N–H and O–H groups in total. The van der Waals surface area contributed by atoms with Gasteiger partial charge in [0.25, 0.3) is 0 Å². The second-order valence-electron chi connectivity index (χ2n) is 6.43. The van der Waals surface area contributed by atoms with Crippen LogP contribution in [0, 0.1) is 5.92 Å². The number of unbranched alkanes of at least 4 members (excludes halogenated alkanes) is 6. The molecule has 2 unspecified atom stereocenters. The number of carboxylic acid groups (broad SMARTS) is 1. The number of hydrogen-bond acceptors (Lipinski definition) is 4. The van der Waals surface area contributed by atoms with Crippen molar-refractivity contribution in [1.82, 2.24) is 0 Å². The molecule has 0 rings (SSSR count). The molecule has 25 heavy (non-hydrogen) atoms. The molecule has 0 radical (unpaired) electrons. The second-order valence-corrected chi connectivity index (χ2v) is 8.12. The first kappa shape index (κ1) is 23.8. The minimum Gasteiger partial charge on any atom is -0.481 e. The average Bonchev–Trinajstić information content (AvgIpc) is 2.49. The molecule has 0 fully saturated rings. The quantitative estimate of drug-likeness (QED) is 0.183. The van der Waals surface area contributed by atoms with E-state index < -0.39 is 37.7 Å². The molecule has 0 heterocycles. The Morgan fingerprint density at radius 1 is 1.08 bits per heavy atom. The van der Waals surface area contributed by atoms with Crippen molar-refractivity contribution in [3.63, 3.8) is 0 Å². The van der Waals surface area contributed by atoms with Crippen LogP contribution in [0.4, 0.5) is 0 Å². The van der Waals surface area contributed by atoms with Gasteiger partial charge in [-0.1, -0.05) is 52.0 Å². The van der Waals surface area contributed by atoms with Gasteiger partial charge in [0, 0.05) is 5.57 Å². The molecule has 0 amide bonds. The van der Waals surface area contributed by atoms with Crippen LogP contribution < -0.4 is 0 Å². The van der Waals surface area contributed by atoms with E-state index in [1.54, 1.807) is 0 Å². The zero-order valence-corrected chi connectivity index (χ0v) is 16.0. The van der Waals surface area contributed by atoms with Crippen molar-refractivity contribution in [3.05, 3.63) is 12.2 Å². The first-order valence-corrected chi connectivity index (χ1v) is 10.5. The minimum atomic E-state index is -4.55. The summed E-state index contributed by atoms with van der Waals surface area (Å²) >= 11 is 0. The summed E-state index contributed by atoms with van der Waals surface area (Å²) < 4.78 is 16.4. The highest BCUT2D eigenvalue weighted by molar-refractivity contribution is 7.51. The molecule has 0 aromatic heterocycles. The maximum atomic E-state index is 11.7. The SMILES string of the molecule is C=C(C)C(=O)OC(CCCCCCCCC)C(CP(=O)(O)O)C(=O)O. The van der Waals surface area contributed by atoms with Gasteiger partial charge < -0.3 is 19.6 Å². The summed E-state index contributed by atoms with van der Waals surface area (Å²) in [6, 6.07) is 0. The molecule has 0 saturated carbocycles. The molecular formula is C17H31O7P. The zero-order chi connectivity index (χ0) is 19.5. The third-order valence-electron chi connectivity index (χ3n) is 3.90. The Morgan fingerprint density at radius 3 is 2.04 bits per heavy atom. The largest absolute Gasteiger partial charge is 0.481 e. The number of aliphatic carboxylic acids is 1. The van der Waals surface area contributed by atoms with Gasteiger partial charge in [0.1, 0.15) is 12.0 Å². The first-order chi connectivity index (χ1) is 11.6. The van der Waals surface area contributed by atoms with Crippen LogP contribution in [0.15, 0.2) is 12.2 Å². The summed E-state index contributed by atoms with van der Waals surface area (Å²) in [7, 11) is -4.55. The molecule has 0 aromatic rings. The van der Waals surface area contributed by atoms with Crippen LogP contribution in [0.3, 0.4) is 0 Å². The van der Waals surface area contributed by atoms with E-state index in [2.05, 4.69) is 13.5 Å². The van der Waals surface area contributed by atoms with Crippen molar-refractivity contribution in [3.8, 4) is 0 Å². The van der Waals surface area contributed by atoms with Gasteiger partial charge in [-0.3, -0.25) is 9.36 Å². The molecule has 146 valence electrons. The summed E-state index contributed by atoms with van der Waals surface area (Å²) in [6.45, 7) is 7.02. The lowest BCUT2D eigenvalue weighted by atomic mass is 9.98. The maximum absolute atomic E-state index is 11.7. The topological polar surface area (TPSA) is 121 Å². The molecule has 0 aromatic carbocycles. The van der Waals surface area contributed by atoms with Gasteiger partial charge in [0.15, 0.2) is 0 Å². The van der Waals surface area contributed by atoms with E-state index in [1.165, 1.54) is 13.3 Å². The molecule has 0 aliphatic carbocycles.